The maximum atomic E-state index is 13.1. The largest absolute Gasteiger partial charge is 0.472 e. The van der Waals surface area contributed by atoms with Gasteiger partial charge in [-0.25, -0.2) is 9.13 Å². The van der Waals surface area contributed by atoms with Crippen molar-refractivity contribution in [1.29, 1.82) is 0 Å². The molecule has 0 aromatic heterocycles. The average Bonchev–Trinajstić information content (AvgIpc) is 1.17. The molecule has 2 unspecified atom stereocenters. The van der Waals surface area contributed by atoms with Crippen LogP contribution in [0.3, 0.4) is 0 Å². The van der Waals surface area contributed by atoms with Crippen LogP contribution in [0.1, 0.15) is 394 Å². The van der Waals surface area contributed by atoms with Crippen molar-refractivity contribution >= 4 is 39.5 Å². The number of rotatable bonds is 77. The van der Waals surface area contributed by atoms with E-state index in [-0.39, 0.29) is 25.7 Å². The highest BCUT2D eigenvalue weighted by Gasteiger charge is 2.30. The standard InChI is InChI=1S/C79H150O17P2/c1-6-9-12-15-18-21-23-25-31-36-39-43-48-53-58-63-77(82)90-69-75(96-79(84)65-60-55-50-45-41-37-33-30-28-27-29-32-34-38-42-46-51-56-61-72(4)5)71-94-98(87,88)92-67-73(80)66-91-97(85,86)93-70-74(68-89-76(81)62-57-52-47-20-17-14-11-8-3)95-78(83)64-59-54-49-44-40-35-26-24-22-19-16-13-10-7-2/h21,23,25,31,72-75,80H,6-20,22,24,26-30,32-71H2,1-5H3,(H,85,86)(H,87,88)/b23-21-,31-25-/t73-,74+,75+/m0/s1. The van der Waals surface area contributed by atoms with Crippen LogP contribution in [0.5, 0.6) is 0 Å². The Morgan fingerprint density at radius 1 is 0.316 bits per heavy atom. The Morgan fingerprint density at radius 2 is 0.551 bits per heavy atom. The quantitative estimate of drug-likeness (QED) is 0.0169. The van der Waals surface area contributed by atoms with Gasteiger partial charge in [0.1, 0.15) is 19.3 Å². The van der Waals surface area contributed by atoms with Gasteiger partial charge >= 0.3 is 39.5 Å². The number of aliphatic hydroxyl groups excluding tert-OH is 1. The lowest BCUT2D eigenvalue weighted by Crippen LogP contribution is -2.30. The van der Waals surface area contributed by atoms with Crippen LogP contribution in [-0.4, -0.2) is 96.7 Å². The van der Waals surface area contributed by atoms with Crippen molar-refractivity contribution in [3.05, 3.63) is 24.3 Å². The predicted octanol–water partition coefficient (Wildman–Crippen LogP) is 23.2. The van der Waals surface area contributed by atoms with E-state index in [1.165, 1.54) is 193 Å². The zero-order valence-electron chi connectivity index (χ0n) is 63.4. The molecule has 0 radical (unpaired) electrons. The maximum Gasteiger partial charge on any atom is 0.472 e. The van der Waals surface area contributed by atoms with Gasteiger partial charge in [-0.3, -0.25) is 37.3 Å². The molecule has 0 aliphatic carbocycles. The van der Waals surface area contributed by atoms with E-state index < -0.39 is 97.5 Å². The molecular weight excluding hydrogens is 1280 g/mol. The van der Waals surface area contributed by atoms with Crippen LogP contribution in [0, 0.1) is 5.92 Å². The molecule has 0 bridgehead atoms. The van der Waals surface area contributed by atoms with Crippen LogP contribution in [0.4, 0.5) is 0 Å². The fraction of sp³-hybridized carbons (Fsp3) is 0.899. The Labute approximate surface area is 599 Å². The third-order valence-electron chi connectivity index (χ3n) is 17.9. The van der Waals surface area contributed by atoms with Crippen molar-refractivity contribution in [3.8, 4) is 0 Å². The van der Waals surface area contributed by atoms with Gasteiger partial charge < -0.3 is 33.8 Å². The summed E-state index contributed by atoms with van der Waals surface area (Å²) in [4.78, 5) is 72.8. The van der Waals surface area contributed by atoms with Crippen molar-refractivity contribution in [1.82, 2.24) is 0 Å². The van der Waals surface area contributed by atoms with Gasteiger partial charge in [-0.15, -0.1) is 0 Å². The molecule has 0 saturated carbocycles. The molecule has 0 aromatic rings. The first kappa shape index (κ1) is 95.5. The van der Waals surface area contributed by atoms with Gasteiger partial charge in [-0.2, -0.15) is 0 Å². The van der Waals surface area contributed by atoms with E-state index in [1.54, 1.807) is 0 Å². The summed E-state index contributed by atoms with van der Waals surface area (Å²) in [5.74, 6) is -1.32. The minimum Gasteiger partial charge on any atom is -0.462 e. The number of phosphoric ester groups is 2. The van der Waals surface area contributed by atoms with E-state index in [0.717, 1.165) is 121 Å². The number of unbranched alkanes of at least 4 members (excludes halogenated alkanes) is 46. The Hall–Kier alpha value is -2.46. The summed E-state index contributed by atoms with van der Waals surface area (Å²) in [5, 5.41) is 10.6. The van der Waals surface area contributed by atoms with Crippen molar-refractivity contribution in [2.24, 2.45) is 5.92 Å². The molecule has 578 valence electrons. The lowest BCUT2D eigenvalue weighted by Gasteiger charge is -2.21. The Morgan fingerprint density at radius 3 is 0.837 bits per heavy atom. The first-order valence-corrected chi connectivity index (χ1v) is 43.4. The summed E-state index contributed by atoms with van der Waals surface area (Å²) in [6, 6.07) is 0. The molecule has 3 N–H and O–H groups in total. The normalized spacial score (nSPS) is 14.1. The molecule has 0 aliphatic heterocycles. The second kappa shape index (κ2) is 71.5. The molecule has 0 saturated heterocycles. The second-order valence-corrected chi connectivity index (χ2v) is 31.2. The molecule has 0 fully saturated rings. The topological polar surface area (TPSA) is 237 Å². The second-order valence-electron chi connectivity index (χ2n) is 28.2. The summed E-state index contributed by atoms with van der Waals surface area (Å²) in [7, 11) is -9.92. The third-order valence-corrected chi connectivity index (χ3v) is 19.8. The molecule has 98 heavy (non-hydrogen) atoms. The molecule has 19 heteroatoms. The maximum absolute atomic E-state index is 13.1. The first-order chi connectivity index (χ1) is 47.5. The van der Waals surface area contributed by atoms with Crippen molar-refractivity contribution < 1.29 is 80.2 Å². The molecule has 0 amide bonds. The fourth-order valence-corrected chi connectivity index (χ4v) is 13.3. The van der Waals surface area contributed by atoms with E-state index in [1.807, 2.05) is 0 Å². The number of carbonyl (C=O) groups is 4. The molecule has 0 spiro atoms. The molecular formula is C79H150O17P2. The summed E-state index contributed by atoms with van der Waals surface area (Å²) in [6.45, 7) is 7.26. The number of hydrogen-bond donors (Lipinski definition) is 3. The predicted molar refractivity (Wildman–Crippen MR) is 400 cm³/mol. The monoisotopic (exact) mass is 1430 g/mol. The van der Waals surface area contributed by atoms with E-state index in [2.05, 4.69) is 58.9 Å². The highest BCUT2D eigenvalue weighted by atomic mass is 31.2. The van der Waals surface area contributed by atoms with Gasteiger partial charge in [0.15, 0.2) is 12.2 Å². The highest BCUT2D eigenvalue weighted by molar-refractivity contribution is 7.47. The number of carbonyl (C=O) groups excluding carboxylic acids is 4. The van der Waals surface area contributed by atoms with Crippen molar-refractivity contribution in [3.63, 3.8) is 0 Å². The Bertz CT molecular complexity index is 1970. The molecule has 0 heterocycles. The zero-order chi connectivity index (χ0) is 71.9. The van der Waals surface area contributed by atoms with Crippen LogP contribution < -0.4 is 0 Å². The van der Waals surface area contributed by atoms with Crippen molar-refractivity contribution in [2.45, 2.75) is 412 Å². The summed E-state index contributed by atoms with van der Waals surface area (Å²) in [5.41, 5.74) is 0. The summed E-state index contributed by atoms with van der Waals surface area (Å²) < 4.78 is 68.5. The lowest BCUT2D eigenvalue weighted by molar-refractivity contribution is -0.161. The number of allylic oxidation sites excluding steroid dienone is 4. The van der Waals surface area contributed by atoms with Gasteiger partial charge in [-0.1, -0.05) is 341 Å². The first-order valence-electron chi connectivity index (χ1n) is 40.5. The molecule has 5 atom stereocenters. The van der Waals surface area contributed by atoms with E-state index >= 15 is 0 Å². The zero-order valence-corrected chi connectivity index (χ0v) is 65.2. The molecule has 0 aromatic carbocycles. The summed E-state index contributed by atoms with van der Waals surface area (Å²) >= 11 is 0. The third kappa shape index (κ3) is 71.9. The minimum absolute atomic E-state index is 0.102. The number of esters is 4. The van der Waals surface area contributed by atoms with E-state index in [9.17, 15) is 43.2 Å². The summed E-state index contributed by atoms with van der Waals surface area (Å²) in [6.07, 6.45) is 64.7. The van der Waals surface area contributed by atoms with E-state index in [4.69, 9.17) is 37.0 Å². The Balaban J connectivity index is 5.22. The van der Waals surface area contributed by atoms with Gasteiger partial charge in [0.2, 0.25) is 0 Å². The molecule has 0 rings (SSSR count). The number of ether oxygens (including phenoxy) is 4. The van der Waals surface area contributed by atoms with Gasteiger partial charge in [0.25, 0.3) is 0 Å². The number of aliphatic hydroxyl groups is 1. The van der Waals surface area contributed by atoms with Crippen LogP contribution in [0.2, 0.25) is 0 Å². The van der Waals surface area contributed by atoms with Crippen LogP contribution in [0.25, 0.3) is 0 Å². The highest BCUT2D eigenvalue weighted by Crippen LogP contribution is 2.45. The molecule has 17 nitrogen and oxygen atoms in total. The number of hydrogen-bond acceptors (Lipinski definition) is 15. The van der Waals surface area contributed by atoms with E-state index in [0.29, 0.717) is 25.7 Å². The van der Waals surface area contributed by atoms with Gasteiger partial charge in [0, 0.05) is 25.7 Å². The lowest BCUT2D eigenvalue weighted by atomic mass is 10.0. The van der Waals surface area contributed by atoms with Gasteiger partial charge in [0.05, 0.1) is 26.4 Å². The SMILES string of the molecule is CCCCCC/C=C\C=C/CCCCCCCC(=O)OC[C@H](COP(=O)(O)OC[C@@H](O)COP(=O)(O)OC[C@@H](COC(=O)CCCCCCCCCC)OC(=O)CCCCCCCCCCCCCCCC)OC(=O)CCCCCCCCCCCCCCCCCCCCC(C)C. The average molecular weight is 1430 g/mol. The van der Waals surface area contributed by atoms with Crippen LogP contribution in [-0.2, 0) is 65.4 Å². The Kier molecular flexibility index (Phi) is 69.7. The minimum atomic E-state index is -4.97. The smallest absolute Gasteiger partial charge is 0.462 e. The number of phosphoric acid groups is 2. The van der Waals surface area contributed by atoms with Gasteiger partial charge in [-0.05, 0) is 57.3 Å². The van der Waals surface area contributed by atoms with Crippen LogP contribution in [0.15, 0.2) is 24.3 Å². The van der Waals surface area contributed by atoms with Crippen molar-refractivity contribution in [2.75, 3.05) is 39.6 Å². The fourth-order valence-electron chi connectivity index (χ4n) is 11.7. The van der Waals surface area contributed by atoms with Crippen LogP contribution >= 0.6 is 15.6 Å². The molecule has 0 aliphatic rings.